The van der Waals surface area contributed by atoms with E-state index in [2.05, 4.69) is 9.98 Å². The highest BCUT2D eigenvalue weighted by Gasteiger charge is 2.12. The van der Waals surface area contributed by atoms with E-state index in [0.29, 0.717) is 27.7 Å². The lowest BCUT2D eigenvalue weighted by molar-refractivity contribution is 0.475. The number of aliphatic imine (C=N–C) groups is 1. The highest BCUT2D eigenvalue weighted by Crippen LogP contribution is 2.33. The van der Waals surface area contributed by atoms with Crippen LogP contribution >= 0.6 is 23.2 Å². The van der Waals surface area contributed by atoms with E-state index < -0.39 is 0 Å². The van der Waals surface area contributed by atoms with Gasteiger partial charge in [0.05, 0.1) is 16.3 Å². The SMILES string of the molecule is Oc1c(Cl)cc(Cl)cc1C=Nc1ccccc1-c1nc2ccccc2o1. The maximum absolute atomic E-state index is 10.1. The van der Waals surface area contributed by atoms with E-state index >= 15 is 0 Å². The molecule has 0 aliphatic rings. The normalized spacial score (nSPS) is 11.5. The number of phenols is 1. The molecule has 4 aromatic rings. The van der Waals surface area contributed by atoms with Crippen LogP contribution in [0.15, 0.2) is 70.1 Å². The van der Waals surface area contributed by atoms with Crippen molar-refractivity contribution in [1.82, 2.24) is 4.98 Å². The van der Waals surface area contributed by atoms with Crippen LogP contribution in [-0.2, 0) is 0 Å². The average Bonchev–Trinajstić information content (AvgIpc) is 3.07. The number of phenolic OH excluding ortho intramolecular Hbond substituents is 1. The number of benzene rings is 3. The molecule has 1 N–H and O–H groups in total. The van der Waals surface area contributed by atoms with Gasteiger partial charge < -0.3 is 9.52 Å². The molecule has 0 aliphatic heterocycles. The zero-order chi connectivity index (χ0) is 18.1. The number of rotatable bonds is 3. The van der Waals surface area contributed by atoms with Crippen molar-refractivity contribution in [2.45, 2.75) is 0 Å². The van der Waals surface area contributed by atoms with E-state index in [4.69, 9.17) is 27.6 Å². The van der Waals surface area contributed by atoms with Gasteiger partial charge in [-0.05, 0) is 36.4 Å². The molecule has 0 atom stereocenters. The summed E-state index contributed by atoms with van der Waals surface area (Å²) in [5.41, 5.74) is 3.30. The maximum Gasteiger partial charge on any atom is 0.229 e. The first-order valence-electron chi connectivity index (χ1n) is 7.79. The van der Waals surface area contributed by atoms with Crippen molar-refractivity contribution in [3.8, 4) is 17.2 Å². The summed E-state index contributed by atoms with van der Waals surface area (Å²) in [4.78, 5) is 8.98. The summed E-state index contributed by atoms with van der Waals surface area (Å²) in [5.74, 6) is 0.409. The Labute approximate surface area is 159 Å². The lowest BCUT2D eigenvalue weighted by Crippen LogP contribution is -1.85. The van der Waals surface area contributed by atoms with E-state index in [0.717, 1.165) is 11.1 Å². The number of aromatic nitrogens is 1. The van der Waals surface area contributed by atoms with Gasteiger partial charge in [-0.25, -0.2) is 4.98 Å². The van der Waals surface area contributed by atoms with Gasteiger partial charge in [-0.1, -0.05) is 47.5 Å². The van der Waals surface area contributed by atoms with Crippen LogP contribution in [0.1, 0.15) is 5.56 Å². The molecule has 0 fully saturated rings. The molecule has 4 rings (SSSR count). The number of oxazole rings is 1. The Balaban J connectivity index is 1.77. The Morgan fingerprint density at radius 3 is 2.62 bits per heavy atom. The summed E-state index contributed by atoms with van der Waals surface area (Å²) < 4.78 is 5.83. The first-order valence-corrected chi connectivity index (χ1v) is 8.54. The summed E-state index contributed by atoms with van der Waals surface area (Å²) in [7, 11) is 0. The first kappa shape index (κ1) is 16.6. The smallest absolute Gasteiger partial charge is 0.229 e. The van der Waals surface area contributed by atoms with Gasteiger partial charge in [0.2, 0.25) is 5.89 Å². The third kappa shape index (κ3) is 3.17. The van der Waals surface area contributed by atoms with Crippen molar-refractivity contribution in [2.75, 3.05) is 0 Å². The van der Waals surface area contributed by atoms with Crippen molar-refractivity contribution >= 4 is 46.2 Å². The first-order chi connectivity index (χ1) is 12.6. The van der Waals surface area contributed by atoms with Gasteiger partial charge in [0.15, 0.2) is 5.58 Å². The van der Waals surface area contributed by atoms with E-state index in [-0.39, 0.29) is 10.8 Å². The van der Waals surface area contributed by atoms with Gasteiger partial charge in [0.25, 0.3) is 0 Å². The predicted octanol–water partition coefficient (Wildman–Crippen LogP) is 6.26. The fourth-order valence-electron chi connectivity index (χ4n) is 2.58. The number of halogens is 2. The Morgan fingerprint density at radius 1 is 1.00 bits per heavy atom. The second-order valence-electron chi connectivity index (χ2n) is 5.59. The van der Waals surface area contributed by atoms with Crippen LogP contribution < -0.4 is 0 Å². The molecule has 0 unspecified atom stereocenters. The van der Waals surface area contributed by atoms with Gasteiger partial charge in [0, 0.05) is 16.8 Å². The molecule has 6 heteroatoms. The third-order valence-electron chi connectivity index (χ3n) is 3.83. The molecule has 128 valence electrons. The van der Waals surface area contributed by atoms with Crippen molar-refractivity contribution in [3.05, 3.63) is 76.3 Å². The predicted molar refractivity (Wildman–Crippen MR) is 105 cm³/mol. The van der Waals surface area contributed by atoms with Crippen LogP contribution in [0.3, 0.4) is 0 Å². The molecule has 0 saturated carbocycles. The molecular formula is C20H12Cl2N2O2. The highest BCUT2D eigenvalue weighted by molar-refractivity contribution is 6.36. The summed E-state index contributed by atoms with van der Waals surface area (Å²) in [6.07, 6.45) is 1.51. The van der Waals surface area contributed by atoms with E-state index in [1.54, 1.807) is 6.07 Å². The largest absolute Gasteiger partial charge is 0.506 e. The molecule has 4 nitrogen and oxygen atoms in total. The van der Waals surface area contributed by atoms with Gasteiger partial charge in [0.1, 0.15) is 11.3 Å². The molecule has 0 amide bonds. The Morgan fingerprint density at radius 2 is 1.77 bits per heavy atom. The summed E-state index contributed by atoms with van der Waals surface area (Å²) in [5, 5.41) is 10.7. The average molecular weight is 383 g/mol. The highest BCUT2D eigenvalue weighted by atomic mass is 35.5. The van der Waals surface area contributed by atoms with Crippen LogP contribution in [0.4, 0.5) is 5.69 Å². The van der Waals surface area contributed by atoms with Crippen molar-refractivity contribution in [1.29, 1.82) is 0 Å². The standard InChI is InChI=1S/C20H12Cl2N2O2/c21-13-9-12(19(25)15(22)10-13)11-23-16-6-2-1-5-14(16)20-24-17-7-3-4-8-18(17)26-20/h1-11,25H. The minimum Gasteiger partial charge on any atom is -0.506 e. The Bertz CT molecular complexity index is 1100. The minimum atomic E-state index is -0.0702. The summed E-state index contributed by atoms with van der Waals surface area (Å²) in [6.45, 7) is 0. The Hall–Kier alpha value is -2.82. The fraction of sp³-hybridized carbons (Fsp3) is 0. The molecule has 0 saturated heterocycles. The zero-order valence-electron chi connectivity index (χ0n) is 13.4. The topological polar surface area (TPSA) is 58.6 Å². The van der Waals surface area contributed by atoms with Gasteiger partial charge in [-0.15, -0.1) is 0 Å². The van der Waals surface area contributed by atoms with Crippen molar-refractivity contribution in [3.63, 3.8) is 0 Å². The summed E-state index contributed by atoms with van der Waals surface area (Å²) >= 11 is 11.9. The molecule has 1 heterocycles. The van der Waals surface area contributed by atoms with Gasteiger partial charge in [-0.2, -0.15) is 0 Å². The lowest BCUT2D eigenvalue weighted by Gasteiger charge is -2.04. The zero-order valence-corrected chi connectivity index (χ0v) is 14.9. The second kappa shape index (κ2) is 6.83. The summed E-state index contributed by atoms with van der Waals surface area (Å²) in [6, 6.07) is 18.1. The molecule has 0 spiro atoms. The molecule has 3 aromatic carbocycles. The molecular weight excluding hydrogens is 371 g/mol. The second-order valence-corrected chi connectivity index (χ2v) is 6.43. The van der Waals surface area contributed by atoms with Crippen LogP contribution in [0, 0.1) is 0 Å². The third-order valence-corrected chi connectivity index (χ3v) is 4.34. The number of fused-ring (bicyclic) bond motifs is 1. The van der Waals surface area contributed by atoms with Gasteiger partial charge in [-0.3, -0.25) is 4.99 Å². The van der Waals surface area contributed by atoms with Gasteiger partial charge >= 0.3 is 0 Å². The number of para-hydroxylation sites is 3. The minimum absolute atomic E-state index is 0.0702. The molecule has 0 aliphatic carbocycles. The van der Waals surface area contributed by atoms with Crippen LogP contribution in [0.2, 0.25) is 10.0 Å². The number of aromatic hydroxyl groups is 1. The van der Waals surface area contributed by atoms with Crippen LogP contribution in [-0.4, -0.2) is 16.3 Å². The Kier molecular flexibility index (Phi) is 4.37. The fourth-order valence-corrected chi connectivity index (χ4v) is 3.09. The molecule has 0 bridgehead atoms. The molecule has 0 radical (unpaired) electrons. The van der Waals surface area contributed by atoms with E-state index in [1.807, 2.05) is 48.5 Å². The molecule has 26 heavy (non-hydrogen) atoms. The lowest BCUT2D eigenvalue weighted by atomic mass is 10.1. The van der Waals surface area contributed by atoms with Crippen LogP contribution in [0.5, 0.6) is 5.75 Å². The van der Waals surface area contributed by atoms with Crippen molar-refractivity contribution in [2.24, 2.45) is 4.99 Å². The number of hydrogen-bond donors (Lipinski definition) is 1. The van der Waals surface area contributed by atoms with Crippen LogP contribution in [0.25, 0.3) is 22.6 Å². The number of hydrogen-bond acceptors (Lipinski definition) is 4. The maximum atomic E-state index is 10.1. The monoisotopic (exact) mass is 382 g/mol. The molecule has 1 aromatic heterocycles. The van der Waals surface area contributed by atoms with E-state index in [1.165, 1.54) is 12.3 Å². The number of nitrogens with zero attached hydrogens (tertiary/aromatic N) is 2. The quantitative estimate of drug-likeness (QED) is 0.425. The van der Waals surface area contributed by atoms with Crippen molar-refractivity contribution < 1.29 is 9.52 Å². The van der Waals surface area contributed by atoms with E-state index in [9.17, 15) is 5.11 Å².